The summed E-state index contributed by atoms with van der Waals surface area (Å²) in [7, 11) is 0. The molecule has 288 valence electrons. The van der Waals surface area contributed by atoms with Crippen LogP contribution < -0.4 is 4.74 Å². The predicted octanol–water partition coefficient (Wildman–Crippen LogP) is 13.8. The molecule has 0 saturated carbocycles. The van der Waals surface area contributed by atoms with Crippen molar-refractivity contribution >= 4 is 12.2 Å². The van der Waals surface area contributed by atoms with Crippen LogP contribution in [0.25, 0.3) is 68.3 Å². The first kappa shape index (κ1) is 35.3. The highest BCUT2D eigenvalue weighted by Gasteiger charge is 2.49. The fraction of sp³-hybridized carbons (Fsp3) is 0.0702. The smallest absolute Gasteiger partial charge is 0.160 e. The zero-order valence-electron chi connectivity index (χ0n) is 33.8. The maximum absolute atomic E-state index is 7.03. The van der Waals surface area contributed by atoms with Gasteiger partial charge < -0.3 is 4.74 Å². The maximum Gasteiger partial charge on any atom is 0.160 e. The lowest BCUT2D eigenvalue weighted by Crippen LogP contribution is -2.35. The van der Waals surface area contributed by atoms with Crippen molar-refractivity contribution in [2.24, 2.45) is 0 Å². The lowest BCUT2D eigenvalue weighted by Gasteiger charge is -2.43. The Hall–Kier alpha value is -7.69. The van der Waals surface area contributed by atoms with Crippen LogP contribution in [0.4, 0.5) is 0 Å². The molecule has 1 atom stereocenters. The van der Waals surface area contributed by atoms with Gasteiger partial charge in [-0.15, -0.1) is 0 Å². The second-order valence-electron chi connectivity index (χ2n) is 16.8. The lowest BCUT2D eigenvalue weighted by molar-refractivity contribution is 0.433. The Bertz CT molecular complexity index is 3240. The lowest BCUT2D eigenvalue weighted by atomic mass is 9.61. The average Bonchev–Trinajstić information content (AvgIpc) is 3.44. The highest BCUT2D eigenvalue weighted by atomic mass is 16.5. The normalized spacial score (nSPS) is 16.0. The third-order valence-electron chi connectivity index (χ3n) is 13.1. The highest BCUT2D eigenvalue weighted by Crippen LogP contribution is 2.61. The average molecular weight is 782 g/mol. The summed E-state index contributed by atoms with van der Waals surface area (Å²) in [6, 6.07) is 63.0. The van der Waals surface area contributed by atoms with Crippen molar-refractivity contribution in [3.8, 4) is 67.7 Å². The molecule has 61 heavy (non-hydrogen) atoms. The Kier molecular flexibility index (Phi) is 7.76. The molecule has 0 radical (unpaired) electrons. The summed E-state index contributed by atoms with van der Waals surface area (Å²) in [5.41, 5.74) is 18.1. The van der Waals surface area contributed by atoms with Crippen molar-refractivity contribution in [3.05, 3.63) is 233 Å². The number of nitrogens with zero attached hydrogens (tertiary/aromatic N) is 3. The zero-order valence-corrected chi connectivity index (χ0v) is 33.8. The van der Waals surface area contributed by atoms with Gasteiger partial charge in [-0.1, -0.05) is 166 Å². The highest BCUT2D eigenvalue weighted by molar-refractivity contribution is 5.89. The molecule has 7 aromatic carbocycles. The summed E-state index contributed by atoms with van der Waals surface area (Å²) in [6.45, 7) is 4.66. The molecular formula is C57H39N3O. The quantitative estimate of drug-likeness (QED) is 0.178. The molecular weight excluding hydrogens is 743 g/mol. The first-order valence-corrected chi connectivity index (χ1v) is 20.9. The Morgan fingerprint density at radius 2 is 1.07 bits per heavy atom. The van der Waals surface area contributed by atoms with Crippen LogP contribution >= 0.6 is 0 Å². The van der Waals surface area contributed by atoms with E-state index < -0.39 is 5.41 Å². The van der Waals surface area contributed by atoms with Crippen LogP contribution in [-0.4, -0.2) is 15.0 Å². The van der Waals surface area contributed by atoms with Crippen molar-refractivity contribution in [2.45, 2.75) is 24.7 Å². The number of para-hydroxylation sites is 1. The van der Waals surface area contributed by atoms with Gasteiger partial charge in [-0.25, -0.2) is 9.97 Å². The van der Waals surface area contributed by atoms with Crippen LogP contribution in [0, 0.1) is 0 Å². The first-order chi connectivity index (χ1) is 30.0. The van der Waals surface area contributed by atoms with E-state index in [1.54, 1.807) is 6.20 Å². The van der Waals surface area contributed by atoms with Gasteiger partial charge in [-0.05, 0) is 92.0 Å². The number of hydrogen-bond donors (Lipinski definition) is 0. The van der Waals surface area contributed by atoms with E-state index in [9.17, 15) is 0 Å². The van der Waals surface area contributed by atoms with Crippen molar-refractivity contribution in [3.63, 3.8) is 0 Å². The Balaban J connectivity index is 1.12. The molecule has 0 N–H and O–H groups in total. The van der Waals surface area contributed by atoms with E-state index in [4.69, 9.17) is 14.7 Å². The summed E-state index contributed by atoms with van der Waals surface area (Å²) >= 11 is 0. The van der Waals surface area contributed by atoms with E-state index in [0.717, 1.165) is 67.4 Å². The molecule has 0 fully saturated rings. The predicted molar refractivity (Wildman–Crippen MR) is 246 cm³/mol. The minimum atomic E-state index is -0.730. The van der Waals surface area contributed by atoms with E-state index >= 15 is 0 Å². The summed E-state index contributed by atoms with van der Waals surface area (Å²) in [5.74, 6) is 2.43. The second-order valence-corrected chi connectivity index (χ2v) is 16.8. The number of pyridine rings is 1. The molecule has 2 aromatic heterocycles. The molecule has 2 aliphatic carbocycles. The van der Waals surface area contributed by atoms with Crippen molar-refractivity contribution in [2.75, 3.05) is 0 Å². The number of benzene rings is 7. The molecule has 0 saturated heterocycles. The number of fused-ring (bicyclic) bond motifs is 11. The minimum absolute atomic E-state index is 0.178. The van der Waals surface area contributed by atoms with Gasteiger partial charge in [0.05, 0.1) is 16.8 Å². The molecule has 1 spiro atoms. The number of ether oxygens (including phenoxy) is 1. The van der Waals surface area contributed by atoms with Crippen LogP contribution in [0.1, 0.15) is 58.4 Å². The van der Waals surface area contributed by atoms with Crippen molar-refractivity contribution in [1.29, 1.82) is 0 Å². The molecule has 9 aromatic rings. The Morgan fingerprint density at radius 1 is 0.410 bits per heavy atom. The molecule has 1 aliphatic heterocycles. The molecule has 4 heteroatoms. The van der Waals surface area contributed by atoms with Gasteiger partial charge in [0, 0.05) is 45.6 Å². The van der Waals surface area contributed by atoms with Gasteiger partial charge in [-0.2, -0.15) is 0 Å². The first-order valence-electron chi connectivity index (χ1n) is 20.9. The van der Waals surface area contributed by atoms with Crippen molar-refractivity contribution < 1.29 is 4.74 Å². The van der Waals surface area contributed by atoms with Gasteiger partial charge >= 0.3 is 0 Å². The summed E-state index contributed by atoms with van der Waals surface area (Å²) in [5, 5.41) is 0. The van der Waals surface area contributed by atoms with E-state index in [1.165, 1.54) is 38.9 Å². The zero-order chi connectivity index (χ0) is 40.7. The van der Waals surface area contributed by atoms with Crippen LogP contribution in [0.3, 0.4) is 0 Å². The van der Waals surface area contributed by atoms with Gasteiger partial charge in [-0.3, -0.25) is 4.98 Å². The topological polar surface area (TPSA) is 47.9 Å². The molecule has 3 aliphatic rings. The second kappa shape index (κ2) is 13.4. The van der Waals surface area contributed by atoms with Gasteiger partial charge in [0.1, 0.15) is 11.5 Å². The SMILES string of the molecule is CC1(C)c2ccccc2-c2cc3c(cc21)Oc1ccccc1C31c2ccccc2C=Cc2ccc(-c3cc(-c4ccc(-c5cccnc5)cc4)nc(-c4ccccc4)n3)cc21. The third-order valence-corrected chi connectivity index (χ3v) is 13.1. The fourth-order valence-corrected chi connectivity index (χ4v) is 10.1. The molecule has 4 nitrogen and oxygen atoms in total. The van der Waals surface area contributed by atoms with E-state index in [1.807, 2.05) is 30.5 Å². The molecule has 1 unspecified atom stereocenters. The van der Waals surface area contributed by atoms with E-state index in [2.05, 4.69) is 183 Å². The summed E-state index contributed by atoms with van der Waals surface area (Å²) in [6.07, 6.45) is 8.25. The van der Waals surface area contributed by atoms with Crippen LogP contribution in [0.15, 0.2) is 188 Å². The number of aromatic nitrogens is 3. The van der Waals surface area contributed by atoms with Crippen LogP contribution in [-0.2, 0) is 10.8 Å². The van der Waals surface area contributed by atoms with E-state index in [-0.39, 0.29) is 5.41 Å². The molecule has 0 amide bonds. The fourth-order valence-electron chi connectivity index (χ4n) is 10.1. The van der Waals surface area contributed by atoms with E-state index in [0.29, 0.717) is 5.82 Å². The largest absolute Gasteiger partial charge is 0.457 e. The van der Waals surface area contributed by atoms with Gasteiger partial charge in [0.15, 0.2) is 5.82 Å². The Labute approximate surface area is 355 Å². The monoisotopic (exact) mass is 781 g/mol. The maximum atomic E-state index is 7.03. The summed E-state index contributed by atoms with van der Waals surface area (Å²) < 4.78 is 7.03. The molecule has 0 bridgehead atoms. The number of hydrogen-bond acceptors (Lipinski definition) is 4. The molecule has 3 heterocycles. The van der Waals surface area contributed by atoms with Gasteiger partial charge in [0.25, 0.3) is 0 Å². The number of rotatable bonds is 4. The van der Waals surface area contributed by atoms with Gasteiger partial charge in [0.2, 0.25) is 0 Å². The summed E-state index contributed by atoms with van der Waals surface area (Å²) in [4.78, 5) is 14.9. The Morgan fingerprint density at radius 3 is 1.87 bits per heavy atom. The third kappa shape index (κ3) is 5.35. The molecule has 12 rings (SSSR count). The van der Waals surface area contributed by atoms with Crippen LogP contribution in [0.2, 0.25) is 0 Å². The van der Waals surface area contributed by atoms with Crippen LogP contribution in [0.5, 0.6) is 11.5 Å². The minimum Gasteiger partial charge on any atom is -0.457 e. The standard InChI is InChI=1S/C57H39N3O/c1-56(2)46-19-9-7-17-43(46)44-32-50-54(33-49(44)56)61-53-21-11-10-20-47(53)57(50)45-18-8-6-13-37(45)24-25-38-26-29-41(31-48(38)57)52-34-51(59-55(60-52)40-14-4-3-5-15-40)39-27-22-36(23-28-39)42-16-12-30-58-35-42/h3-35H,1-2H3. The van der Waals surface area contributed by atoms with Crippen molar-refractivity contribution in [1.82, 2.24) is 15.0 Å².